The zero-order valence-electron chi connectivity index (χ0n) is 31.9. The molecule has 0 aromatic heterocycles. The zero-order valence-corrected chi connectivity index (χ0v) is 32.8. The van der Waals surface area contributed by atoms with Crippen molar-refractivity contribution < 1.29 is 37.6 Å². The molecule has 0 aromatic carbocycles. The number of likely N-dealkylation sites (N-methyl/N-ethyl adjacent to an activating group) is 1. The molecule has 0 rings (SSSR count). The third kappa shape index (κ3) is 36.3. The normalized spacial score (nSPS) is 13.5. The van der Waals surface area contributed by atoms with Gasteiger partial charge in [-0.05, 0) is 45.6 Å². The van der Waals surface area contributed by atoms with Crippen LogP contribution in [-0.2, 0) is 32.7 Å². The number of phosphoric ester groups is 1. The lowest BCUT2D eigenvalue weighted by atomic mass is 10.0. The molecule has 0 amide bonds. The van der Waals surface area contributed by atoms with E-state index in [0.29, 0.717) is 19.4 Å². The molecule has 0 radical (unpaired) electrons. The third-order valence-electron chi connectivity index (χ3n) is 8.64. The van der Waals surface area contributed by atoms with E-state index in [1.807, 2.05) is 0 Å². The highest BCUT2D eigenvalue weighted by Gasteiger charge is 2.26. The fourth-order valence-electron chi connectivity index (χ4n) is 5.55. The second-order valence-electron chi connectivity index (χ2n) is 13.5. The summed E-state index contributed by atoms with van der Waals surface area (Å²) >= 11 is 0. The number of phosphoric acid groups is 1. The van der Waals surface area contributed by atoms with Crippen LogP contribution < -0.4 is 5.32 Å². The number of unbranched alkanes of at least 4 members (excludes halogenated alkanes) is 22. The van der Waals surface area contributed by atoms with E-state index in [1.54, 1.807) is 7.05 Å². The Bertz CT molecular complexity index is 825. The fourth-order valence-corrected chi connectivity index (χ4v) is 6.30. The molecule has 2 N–H and O–H groups in total. The molecule has 0 spiro atoms. The van der Waals surface area contributed by atoms with Crippen LogP contribution in [0.15, 0.2) is 12.2 Å². The molecular formula is C39H76NO8P. The summed E-state index contributed by atoms with van der Waals surface area (Å²) in [4.78, 5) is 34.9. The number of hydrogen-bond donors (Lipinski definition) is 2. The molecular weight excluding hydrogens is 641 g/mol. The molecule has 0 saturated heterocycles. The second kappa shape index (κ2) is 36.5. The Labute approximate surface area is 301 Å². The van der Waals surface area contributed by atoms with Gasteiger partial charge in [0.15, 0.2) is 6.10 Å². The molecule has 2 unspecified atom stereocenters. The Morgan fingerprint density at radius 3 is 1.51 bits per heavy atom. The predicted octanol–water partition coefficient (Wildman–Crippen LogP) is 10.9. The van der Waals surface area contributed by atoms with E-state index in [9.17, 15) is 19.0 Å². The highest BCUT2D eigenvalue weighted by molar-refractivity contribution is 7.47. The summed E-state index contributed by atoms with van der Waals surface area (Å²) in [7, 11) is -2.64. The van der Waals surface area contributed by atoms with E-state index in [1.165, 1.54) is 103 Å². The molecule has 0 heterocycles. The minimum Gasteiger partial charge on any atom is -0.462 e. The summed E-state index contributed by atoms with van der Waals surface area (Å²) in [5, 5.41) is 2.82. The van der Waals surface area contributed by atoms with Crippen molar-refractivity contribution >= 4 is 19.8 Å². The second-order valence-corrected chi connectivity index (χ2v) is 14.9. The molecule has 0 aromatic rings. The van der Waals surface area contributed by atoms with Gasteiger partial charge in [-0.2, -0.15) is 0 Å². The van der Waals surface area contributed by atoms with Gasteiger partial charge in [-0.1, -0.05) is 148 Å². The number of ether oxygens (including phenoxy) is 2. The van der Waals surface area contributed by atoms with Gasteiger partial charge in [-0.3, -0.25) is 18.6 Å². The highest BCUT2D eigenvalue weighted by atomic mass is 31.2. The molecule has 0 aliphatic carbocycles. The summed E-state index contributed by atoms with van der Waals surface area (Å²) in [5.74, 6) is -0.810. The number of nitrogens with one attached hydrogen (secondary N) is 1. The Kier molecular flexibility index (Phi) is 35.6. The average Bonchev–Trinajstić information content (AvgIpc) is 3.08. The minimum atomic E-state index is -4.34. The molecule has 0 aliphatic rings. The maximum atomic E-state index is 12.6. The molecule has 2 atom stereocenters. The molecule has 9 nitrogen and oxygen atoms in total. The van der Waals surface area contributed by atoms with Crippen molar-refractivity contribution in [3.8, 4) is 0 Å². The predicted molar refractivity (Wildman–Crippen MR) is 202 cm³/mol. The Hall–Kier alpha value is -1.25. The molecule has 0 bridgehead atoms. The largest absolute Gasteiger partial charge is 0.472 e. The van der Waals surface area contributed by atoms with E-state index >= 15 is 0 Å². The smallest absolute Gasteiger partial charge is 0.462 e. The number of carbonyl (C=O) groups excluding carboxylic acids is 2. The maximum absolute atomic E-state index is 12.6. The zero-order chi connectivity index (χ0) is 36.1. The van der Waals surface area contributed by atoms with Crippen molar-refractivity contribution in [1.29, 1.82) is 0 Å². The number of hydrogen-bond acceptors (Lipinski definition) is 8. The van der Waals surface area contributed by atoms with Crippen LogP contribution in [-0.4, -0.2) is 56.3 Å². The highest BCUT2D eigenvalue weighted by Crippen LogP contribution is 2.43. The Morgan fingerprint density at radius 1 is 0.612 bits per heavy atom. The topological polar surface area (TPSA) is 120 Å². The first-order valence-electron chi connectivity index (χ1n) is 20.1. The van der Waals surface area contributed by atoms with Crippen LogP contribution in [0.2, 0.25) is 0 Å². The molecule has 0 saturated carbocycles. The van der Waals surface area contributed by atoms with E-state index in [0.717, 1.165) is 51.4 Å². The van der Waals surface area contributed by atoms with Crippen LogP contribution in [0.25, 0.3) is 0 Å². The molecule has 10 heteroatoms. The summed E-state index contributed by atoms with van der Waals surface area (Å²) in [6.45, 7) is 4.21. The summed E-state index contributed by atoms with van der Waals surface area (Å²) in [6, 6.07) is 0. The lowest BCUT2D eigenvalue weighted by molar-refractivity contribution is -0.161. The van der Waals surface area contributed by atoms with Crippen molar-refractivity contribution in [3.63, 3.8) is 0 Å². The number of allylic oxidation sites excluding steroid dienone is 2. The van der Waals surface area contributed by atoms with Gasteiger partial charge < -0.3 is 19.7 Å². The van der Waals surface area contributed by atoms with Crippen LogP contribution in [0.4, 0.5) is 0 Å². The first-order chi connectivity index (χ1) is 23.8. The average molecular weight is 718 g/mol. The SMILES string of the molecule is CCCCCCCC/C=C\CCCCCCCC(=O)OC(COC(=O)CCCCCCCCCCCCCC)COP(=O)(O)OCCNC. The lowest BCUT2D eigenvalue weighted by Gasteiger charge is -2.20. The molecule has 49 heavy (non-hydrogen) atoms. The third-order valence-corrected chi connectivity index (χ3v) is 9.62. The standard InChI is InChI=1S/C39H76NO8P/c1-4-6-8-10-12-14-16-18-19-20-22-24-26-28-30-32-39(42)48-37(36-47-49(43,44)46-34-33-40-3)35-45-38(41)31-29-27-25-23-21-17-15-13-11-9-7-5-2/h18-19,37,40H,4-17,20-36H2,1-3H3,(H,43,44)/b19-18-. The van der Waals surface area contributed by atoms with Crippen molar-refractivity contribution in [2.75, 3.05) is 33.4 Å². The fraction of sp³-hybridized carbons (Fsp3) is 0.897. The quantitative estimate of drug-likeness (QED) is 0.0278. The van der Waals surface area contributed by atoms with Gasteiger partial charge >= 0.3 is 19.8 Å². The first-order valence-corrected chi connectivity index (χ1v) is 21.6. The lowest BCUT2D eigenvalue weighted by Crippen LogP contribution is -2.29. The summed E-state index contributed by atoms with van der Waals surface area (Å²) in [5.41, 5.74) is 0. The van der Waals surface area contributed by atoms with Crippen LogP contribution in [0.3, 0.4) is 0 Å². The molecule has 0 fully saturated rings. The summed E-state index contributed by atoms with van der Waals surface area (Å²) < 4.78 is 33.1. The number of carbonyl (C=O) groups is 2. The van der Waals surface area contributed by atoms with Gasteiger partial charge in [0.2, 0.25) is 0 Å². The van der Waals surface area contributed by atoms with Crippen molar-refractivity contribution in [1.82, 2.24) is 5.32 Å². The van der Waals surface area contributed by atoms with Crippen molar-refractivity contribution in [2.45, 2.75) is 193 Å². The molecule has 290 valence electrons. The maximum Gasteiger partial charge on any atom is 0.472 e. The van der Waals surface area contributed by atoms with Gasteiger partial charge in [0.1, 0.15) is 6.61 Å². The minimum absolute atomic E-state index is 0.0156. The first kappa shape index (κ1) is 47.8. The van der Waals surface area contributed by atoms with Crippen LogP contribution in [0.5, 0.6) is 0 Å². The van der Waals surface area contributed by atoms with E-state index in [4.69, 9.17) is 18.5 Å². The van der Waals surface area contributed by atoms with Gasteiger partial charge in [0.05, 0.1) is 13.2 Å². The Morgan fingerprint density at radius 2 is 1.04 bits per heavy atom. The van der Waals surface area contributed by atoms with Crippen LogP contribution >= 0.6 is 7.82 Å². The van der Waals surface area contributed by atoms with Crippen molar-refractivity contribution in [3.05, 3.63) is 12.2 Å². The Balaban J connectivity index is 4.26. The monoisotopic (exact) mass is 718 g/mol. The van der Waals surface area contributed by atoms with Gasteiger partial charge in [-0.15, -0.1) is 0 Å². The van der Waals surface area contributed by atoms with Crippen LogP contribution in [0, 0.1) is 0 Å². The number of esters is 2. The summed E-state index contributed by atoms with van der Waals surface area (Å²) in [6.07, 6.45) is 33.9. The van der Waals surface area contributed by atoms with Gasteiger partial charge in [0, 0.05) is 19.4 Å². The van der Waals surface area contributed by atoms with E-state index < -0.39 is 26.5 Å². The molecule has 0 aliphatic heterocycles. The number of rotatable bonds is 38. The van der Waals surface area contributed by atoms with Crippen molar-refractivity contribution in [2.24, 2.45) is 0 Å². The van der Waals surface area contributed by atoms with Crippen LogP contribution in [0.1, 0.15) is 187 Å². The van der Waals surface area contributed by atoms with Gasteiger partial charge in [0.25, 0.3) is 0 Å². The van der Waals surface area contributed by atoms with Gasteiger partial charge in [-0.25, -0.2) is 4.57 Å². The van der Waals surface area contributed by atoms with E-state index in [2.05, 4.69) is 31.3 Å². The van der Waals surface area contributed by atoms with E-state index in [-0.39, 0.29) is 25.6 Å².